The number of rotatable bonds is 9. The average Bonchev–Trinajstić information content (AvgIpc) is 2.70. The molecule has 0 spiro atoms. The van der Waals surface area contributed by atoms with Gasteiger partial charge in [0, 0.05) is 19.7 Å². The fourth-order valence-corrected chi connectivity index (χ4v) is 2.18. The van der Waals surface area contributed by atoms with Gasteiger partial charge in [-0.25, -0.2) is 0 Å². The van der Waals surface area contributed by atoms with Gasteiger partial charge in [0.15, 0.2) is 0 Å². The summed E-state index contributed by atoms with van der Waals surface area (Å²) in [6, 6.07) is 12.5. The summed E-state index contributed by atoms with van der Waals surface area (Å²) in [7, 11) is 3.15. The lowest BCUT2D eigenvalue weighted by molar-refractivity contribution is 0.0942. The minimum absolute atomic E-state index is 0.0115. The van der Waals surface area contributed by atoms with Crippen molar-refractivity contribution in [3.05, 3.63) is 53.6 Å². The summed E-state index contributed by atoms with van der Waals surface area (Å²) in [6.07, 6.45) is -0.809. The smallest absolute Gasteiger partial charge is 0.254 e. The highest BCUT2D eigenvalue weighted by Crippen LogP contribution is 2.26. The van der Waals surface area contributed by atoms with Gasteiger partial charge >= 0.3 is 0 Å². The van der Waals surface area contributed by atoms with Crippen molar-refractivity contribution >= 4 is 5.91 Å². The van der Waals surface area contributed by atoms with Crippen LogP contribution in [0.2, 0.25) is 0 Å². The van der Waals surface area contributed by atoms with Crippen molar-refractivity contribution in [2.75, 3.05) is 27.3 Å². The molecule has 0 aliphatic carbocycles. The van der Waals surface area contributed by atoms with E-state index in [4.69, 9.17) is 19.9 Å². The number of aliphatic hydroxyl groups is 1. The van der Waals surface area contributed by atoms with Crippen LogP contribution < -0.4 is 25.3 Å². The molecule has 0 bridgehead atoms. The molecule has 1 atom stereocenters. The first-order chi connectivity index (χ1) is 12.6. The number of ether oxygens (including phenoxy) is 3. The molecule has 0 radical (unpaired) electrons. The second-order valence-electron chi connectivity index (χ2n) is 5.57. The fourth-order valence-electron chi connectivity index (χ4n) is 2.18. The molecular weight excluding hydrogens is 336 g/mol. The summed E-state index contributed by atoms with van der Waals surface area (Å²) >= 11 is 0. The summed E-state index contributed by atoms with van der Waals surface area (Å²) in [5, 5.41) is 12.1. The summed E-state index contributed by atoms with van der Waals surface area (Å²) in [5.41, 5.74) is 6.71. The fraction of sp³-hybridized carbons (Fsp3) is 0.316. The van der Waals surface area contributed by atoms with Gasteiger partial charge in [-0.05, 0) is 29.8 Å². The van der Waals surface area contributed by atoms with Crippen LogP contribution >= 0.6 is 0 Å². The van der Waals surface area contributed by atoms with Crippen LogP contribution in [0.5, 0.6) is 17.2 Å². The average molecular weight is 360 g/mol. The van der Waals surface area contributed by atoms with Crippen LogP contribution in [0, 0.1) is 0 Å². The van der Waals surface area contributed by atoms with Crippen LogP contribution in [-0.4, -0.2) is 44.4 Å². The molecule has 0 unspecified atom stereocenters. The number of carbonyl (C=O) groups is 1. The maximum atomic E-state index is 12.0. The van der Waals surface area contributed by atoms with Gasteiger partial charge in [-0.15, -0.1) is 0 Å². The third kappa shape index (κ3) is 5.37. The molecule has 0 aliphatic heterocycles. The van der Waals surface area contributed by atoms with Crippen LogP contribution in [0.1, 0.15) is 15.9 Å². The van der Waals surface area contributed by atoms with Gasteiger partial charge in [0.05, 0.1) is 12.7 Å². The number of hydrogen-bond donors (Lipinski definition) is 3. The number of aliphatic hydroxyl groups excluding tert-OH is 1. The number of benzene rings is 2. The molecule has 0 aromatic heterocycles. The summed E-state index contributed by atoms with van der Waals surface area (Å²) in [4.78, 5) is 12.0. The van der Waals surface area contributed by atoms with E-state index < -0.39 is 6.10 Å². The molecule has 2 aromatic rings. The van der Waals surface area contributed by atoms with E-state index in [0.29, 0.717) is 23.7 Å². The molecule has 0 saturated heterocycles. The van der Waals surface area contributed by atoms with Gasteiger partial charge in [0.2, 0.25) is 0 Å². The van der Waals surface area contributed by atoms with Gasteiger partial charge in [0.1, 0.15) is 36.6 Å². The zero-order valence-electron chi connectivity index (χ0n) is 14.9. The van der Waals surface area contributed by atoms with E-state index >= 15 is 0 Å². The number of nitrogens with one attached hydrogen (secondary N) is 1. The van der Waals surface area contributed by atoms with E-state index in [1.165, 1.54) is 7.05 Å². The Balaban J connectivity index is 2.10. The van der Waals surface area contributed by atoms with Crippen molar-refractivity contribution in [2.45, 2.75) is 12.7 Å². The van der Waals surface area contributed by atoms with E-state index in [2.05, 4.69) is 5.32 Å². The molecule has 26 heavy (non-hydrogen) atoms. The lowest BCUT2D eigenvalue weighted by atomic mass is 10.1. The van der Waals surface area contributed by atoms with Crippen molar-refractivity contribution in [3.8, 4) is 17.2 Å². The Bertz CT molecular complexity index is 718. The van der Waals surface area contributed by atoms with E-state index in [1.807, 2.05) is 24.3 Å². The number of carbonyl (C=O) groups excluding carboxylic acids is 1. The van der Waals surface area contributed by atoms with Crippen LogP contribution in [0.3, 0.4) is 0 Å². The number of methoxy groups -OCH3 is 1. The minimum Gasteiger partial charge on any atom is -0.497 e. The molecule has 0 fully saturated rings. The topological polar surface area (TPSA) is 103 Å². The van der Waals surface area contributed by atoms with Gasteiger partial charge in [-0.3, -0.25) is 4.79 Å². The number of hydrogen-bond acceptors (Lipinski definition) is 6. The Labute approximate surface area is 152 Å². The molecule has 2 rings (SSSR count). The Morgan fingerprint density at radius 1 is 1.15 bits per heavy atom. The van der Waals surface area contributed by atoms with Crippen molar-refractivity contribution in [2.24, 2.45) is 5.73 Å². The summed E-state index contributed by atoms with van der Waals surface area (Å²) < 4.78 is 16.4. The molecule has 2 aromatic carbocycles. The van der Waals surface area contributed by atoms with E-state index in [9.17, 15) is 9.90 Å². The lowest BCUT2D eigenvalue weighted by Crippen LogP contribution is -2.27. The molecule has 0 aliphatic rings. The van der Waals surface area contributed by atoms with Crippen LogP contribution in [-0.2, 0) is 6.61 Å². The van der Waals surface area contributed by atoms with Crippen LogP contribution in [0.25, 0.3) is 0 Å². The van der Waals surface area contributed by atoms with Gasteiger partial charge in [0.25, 0.3) is 5.91 Å². The zero-order chi connectivity index (χ0) is 18.9. The molecule has 7 heteroatoms. The highest BCUT2D eigenvalue weighted by molar-refractivity contribution is 5.96. The highest BCUT2D eigenvalue weighted by Gasteiger charge is 2.14. The van der Waals surface area contributed by atoms with Crippen molar-refractivity contribution in [1.82, 2.24) is 5.32 Å². The van der Waals surface area contributed by atoms with Gasteiger partial charge in [-0.2, -0.15) is 0 Å². The summed E-state index contributed by atoms with van der Waals surface area (Å²) in [6.45, 7) is 0.416. The maximum Gasteiger partial charge on any atom is 0.254 e. The van der Waals surface area contributed by atoms with E-state index in [-0.39, 0.29) is 19.1 Å². The highest BCUT2D eigenvalue weighted by atomic mass is 16.5. The van der Waals surface area contributed by atoms with Crippen molar-refractivity contribution in [1.29, 1.82) is 0 Å². The van der Waals surface area contributed by atoms with E-state index in [1.54, 1.807) is 25.3 Å². The standard InChI is InChI=1S/C19H24N2O5/c1-21-19(23)17-8-7-16(9-18(17)26-12-14(22)10-20)25-11-13-3-5-15(24-2)6-4-13/h3-9,14,22H,10-12,20H2,1-2H3,(H,21,23)/t14-/m1/s1. The molecule has 7 nitrogen and oxygen atoms in total. The molecule has 1 amide bonds. The Hall–Kier alpha value is -2.77. The van der Waals surface area contributed by atoms with Crippen LogP contribution in [0.15, 0.2) is 42.5 Å². The predicted octanol–water partition coefficient (Wildman–Crippen LogP) is 1.33. The lowest BCUT2D eigenvalue weighted by Gasteiger charge is -2.15. The molecule has 0 heterocycles. The third-order valence-electron chi connectivity index (χ3n) is 3.69. The first-order valence-corrected chi connectivity index (χ1v) is 8.20. The number of nitrogens with two attached hydrogens (primary N) is 1. The van der Waals surface area contributed by atoms with Crippen LogP contribution in [0.4, 0.5) is 0 Å². The molecule has 4 N–H and O–H groups in total. The maximum absolute atomic E-state index is 12.0. The third-order valence-corrected chi connectivity index (χ3v) is 3.69. The van der Waals surface area contributed by atoms with Crippen molar-refractivity contribution < 1.29 is 24.1 Å². The number of amides is 1. The predicted molar refractivity (Wildman–Crippen MR) is 97.7 cm³/mol. The van der Waals surface area contributed by atoms with Gasteiger partial charge in [-0.1, -0.05) is 12.1 Å². The molecular formula is C19H24N2O5. The summed E-state index contributed by atoms with van der Waals surface area (Å²) in [5.74, 6) is 1.36. The van der Waals surface area contributed by atoms with Crippen molar-refractivity contribution in [3.63, 3.8) is 0 Å². The normalized spacial score (nSPS) is 11.5. The van der Waals surface area contributed by atoms with Gasteiger partial charge < -0.3 is 30.4 Å². The Morgan fingerprint density at radius 2 is 1.85 bits per heavy atom. The second-order valence-corrected chi connectivity index (χ2v) is 5.57. The van der Waals surface area contributed by atoms with E-state index in [0.717, 1.165) is 11.3 Å². The largest absolute Gasteiger partial charge is 0.497 e. The SMILES string of the molecule is CNC(=O)c1ccc(OCc2ccc(OC)cc2)cc1OC[C@H](O)CN. The first kappa shape index (κ1) is 19.6. The first-order valence-electron chi connectivity index (χ1n) is 8.20. The molecule has 140 valence electrons. The molecule has 0 saturated carbocycles. The zero-order valence-corrected chi connectivity index (χ0v) is 14.9. The monoisotopic (exact) mass is 360 g/mol. The quantitative estimate of drug-likeness (QED) is 0.623. The Morgan fingerprint density at radius 3 is 2.46 bits per heavy atom. The second kappa shape index (κ2) is 9.65. The minimum atomic E-state index is -0.809. The Kier molecular flexibility index (Phi) is 7.25.